The van der Waals surface area contributed by atoms with Crippen molar-refractivity contribution >= 4 is 46.3 Å². The number of likely N-dealkylation sites (tertiary alicyclic amines) is 1. The minimum atomic E-state index is -0.351. The first-order chi connectivity index (χ1) is 14.9. The Morgan fingerprint density at radius 1 is 1.13 bits per heavy atom. The van der Waals surface area contributed by atoms with Gasteiger partial charge in [-0.15, -0.1) is 10.2 Å². The molecule has 1 aromatic heterocycles. The van der Waals surface area contributed by atoms with Gasteiger partial charge in [0.1, 0.15) is 5.01 Å². The van der Waals surface area contributed by atoms with E-state index in [1.807, 2.05) is 32.0 Å². The monoisotopic (exact) mass is 455 g/mol. The molecule has 1 saturated heterocycles. The Hall–Kier alpha value is -2.97. The number of benzene rings is 2. The number of carbonyl (C=O) groups is 2. The molecule has 31 heavy (non-hydrogen) atoms. The third-order valence-corrected chi connectivity index (χ3v) is 6.62. The van der Waals surface area contributed by atoms with Crippen LogP contribution in [0.1, 0.15) is 44.8 Å². The SMILES string of the molecule is Cc1cccc(NC(=O)N2CCC[C@H]2c2nnc(C(=O)Nc3cccc(Cl)c3)s2)c1C. The highest BCUT2D eigenvalue weighted by Gasteiger charge is 2.33. The van der Waals surface area contributed by atoms with Crippen LogP contribution in [0.15, 0.2) is 42.5 Å². The molecule has 160 valence electrons. The van der Waals surface area contributed by atoms with Gasteiger partial charge in [0, 0.05) is 22.9 Å². The molecule has 1 atom stereocenters. The standard InChI is InChI=1S/C22H22ClN5O2S/c1-13-6-3-9-17(14(13)2)25-22(30)28-11-5-10-18(28)20-26-27-21(31-20)19(29)24-16-8-4-7-15(23)12-16/h3-4,6-9,12,18H,5,10-11H2,1-2H3,(H,24,29)(H,25,30)/t18-/m0/s1. The van der Waals surface area contributed by atoms with E-state index in [0.717, 1.165) is 29.7 Å². The Morgan fingerprint density at radius 2 is 1.94 bits per heavy atom. The van der Waals surface area contributed by atoms with Gasteiger partial charge in [0.05, 0.1) is 6.04 Å². The molecule has 3 aromatic rings. The normalized spacial score (nSPS) is 15.7. The summed E-state index contributed by atoms with van der Waals surface area (Å²) in [4.78, 5) is 27.3. The van der Waals surface area contributed by atoms with Gasteiger partial charge in [-0.2, -0.15) is 0 Å². The molecule has 7 nitrogen and oxygen atoms in total. The highest BCUT2D eigenvalue weighted by Crippen LogP contribution is 2.34. The second kappa shape index (κ2) is 9.03. The lowest BCUT2D eigenvalue weighted by Gasteiger charge is -2.23. The maximum atomic E-state index is 13.0. The van der Waals surface area contributed by atoms with Crippen molar-refractivity contribution in [3.8, 4) is 0 Å². The van der Waals surface area contributed by atoms with Gasteiger partial charge in [-0.1, -0.05) is 41.1 Å². The summed E-state index contributed by atoms with van der Waals surface area (Å²) in [5, 5.41) is 15.5. The molecule has 0 bridgehead atoms. The number of halogens is 1. The fourth-order valence-electron chi connectivity index (χ4n) is 3.55. The van der Waals surface area contributed by atoms with Crippen LogP contribution in [0.4, 0.5) is 16.2 Å². The van der Waals surface area contributed by atoms with Crippen LogP contribution >= 0.6 is 22.9 Å². The molecule has 2 N–H and O–H groups in total. The molecule has 1 aliphatic heterocycles. The first-order valence-corrected chi connectivity index (χ1v) is 11.2. The summed E-state index contributed by atoms with van der Waals surface area (Å²) in [6, 6.07) is 12.4. The van der Waals surface area contributed by atoms with E-state index in [-0.39, 0.29) is 23.0 Å². The van der Waals surface area contributed by atoms with E-state index in [4.69, 9.17) is 11.6 Å². The minimum Gasteiger partial charge on any atom is -0.320 e. The zero-order valence-electron chi connectivity index (χ0n) is 17.2. The molecular formula is C22H22ClN5O2S. The van der Waals surface area contributed by atoms with Gasteiger partial charge in [-0.3, -0.25) is 4.79 Å². The summed E-state index contributed by atoms with van der Waals surface area (Å²) in [5.41, 5.74) is 3.55. The molecule has 0 aliphatic carbocycles. The number of hydrogen-bond acceptors (Lipinski definition) is 5. The van der Waals surface area contributed by atoms with Crippen LogP contribution in [0, 0.1) is 13.8 Å². The number of nitrogens with one attached hydrogen (secondary N) is 2. The van der Waals surface area contributed by atoms with Crippen molar-refractivity contribution in [2.45, 2.75) is 32.7 Å². The van der Waals surface area contributed by atoms with E-state index in [2.05, 4.69) is 20.8 Å². The van der Waals surface area contributed by atoms with Crippen LogP contribution < -0.4 is 10.6 Å². The number of amides is 3. The smallest absolute Gasteiger partial charge is 0.320 e. The van der Waals surface area contributed by atoms with Crippen LogP contribution in [0.3, 0.4) is 0 Å². The zero-order valence-corrected chi connectivity index (χ0v) is 18.8. The Morgan fingerprint density at radius 3 is 2.74 bits per heavy atom. The van der Waals surface area contributed by atoms with E-state index < -0.39 is 0 Å². The number of aromatic nitrogens is 2. The first-order valence-electron chi connectivity index (χ1n) is 9.96. The summed E-state index contributed by atoms with van der Waals surface area (Å²) >= 11 is 7.17. The third-order valence-electron chi connectivity index (χ3n) is 5.36. The average Bonchev–Trinajstić information content (AvgIpc) is 3.41. The number of carbonyl (C=O) groups excluding carboxylic acids is 2. The van der Waals surface area contributed by atoms with Gasteiger partial charge in [0.2, 0.25) is 5.01 Å². The summed E-state index contributed by atoms with van der Waals surface area (Å²) in [7, 11) is 0. The number of anilines is 2. The van der Waals surface area contributed by atoms with E-state index in [9.17, 15) is 9.59 Å². The number of hydrogen-bond donors (Lipinski definition) is 2. The Bertz CT molecular complexity index is 1130. The lowest BCUT2D eigenvalue weighted by molar-refractivity contribution is 0.102. The van der Waals surface area contributed by atoms with Crippen molar-refractivity contribution in [2.24, 2.45) is 0 Å². The number of urea groups is 1. The van der Waals surface area contributed by atoms with Crippen molar-refractivity contribution in [3.63, 3.8) is 0 Å². The van der Waals surface area contributed by atoms with Crippen molar-refractivity contribution < 1.29 is 9.59 Å². The molecular weight excluding hydrogens is 434 g/mol. The third kappa shape index (κ3) is 4.70. The average molecular weight is 456 g/mol. The van der Waals surface area contributed by atoms with Crippen LogP contribution in [-0.4, -0.2) is 33.6 Å². The molecule has 4 rings (SSSR count). The van der Waals surface area contributed by atoms with E-state index >= 15 is 0 Å². The predicted octanol–water partition coefficient (Wildman–Crippen LogP) is 5.43. The molecule has 1 aliphatic rings. The van der Waals surface area contributed by atoms with Gasteiger partial charge in [0.15, 0.2) is 0 Å². The maximum Gasteiger partial charge on any atom is 0.322 e. The Labute approximate surface area is 189 Å². The quantitative estimate of drug-likeness (QED) is 0.549. The van der Waals surface area contributed by atoms with E-state index in [1.54, 1.807) is 29.2 Å². The molecule has 0 spiro atoms. The van der Waals surface area contributed by atoms with Crippen LogP contribution in [0.25, 0.3) is 0 Å². The van der Waals surface area contributed by atoms with Gasteiger partial charge in [0.25, 0.3) is 5.91 Å². The molecule has 2 aromatic carbocycles. The molecule has 0 unspecified atom stereocenters. The zero-order chi connectivity index (χ0) is 22.0. The topological polar surface area (TPSA) is 87.2 Å². The number of rotatable bonds is 4. The Kier molecular flexibility index (Phi) is 6.20. The molecule has 0 radical (unpaired) electrons. The van der Waals surface area contributed by atoms with Crippen molar-refractivity contribution in [2.75, 3.05) is 17.2 Å². The molecule has 1 fully saturated rings. The summed E-state index contributed by atoms with van der Waals surface area (Å²) in [6.07, 6.45) is 1.65. The Balaban J connectivity index is 1.46. The van der Waals surface area contributed by atoms with E-state index in [0.29, 0.717) is 22.3 Å². The van der Waals surface area contributed by atoms with E-state index in [1.165, 1.54) is 11.3 Å². The van der Waals surface area contributed by atoms with Crippen molar-refractivity contribution in [1.82, 2.24) is 15.1 Å². The molecule has 2 heterocycles. The molecule has 3 amide bonds. The fourth-order valence-corrected chi connectivity index (χ4v) is 4.63. The fraction of sp³-hybridized carbons (Fsp3) is 0.273. The number of aryl methyl sites for hydroxylation is 1. The molecule has 9 heteroatoms. The predicted molar refractivity (Wildman–Crippen MR) is 123 cm³/mol. The summed E-state index contributed by atoms with van der Waals surface area (Å²) < 4.78 is 0. The van der Waals surface area contributed by atoms with Crippen molar-refractivity contribution in [1.29, 1.82) is 0 Å². The number of nitrogens with zero attached hydrogens (tertiary/aromatic N) is 3. The highest BCUT2D eigenvalue weighted by molar-refractivity contribution is 7.13. The van der Waals surface area contributed by atoms with Gasteiger partial charge in [-0.05, 0) is 62.1 Å². The van der Waals surface area contributed by atoms with Crippen molar-refractivity contribution in [3.05, 3.63) is 68.6 Å². The lowest BCUT2D eigenvalue weighted by atomic mass is 10.1. The van der Waals surface area contributed by atoms with Crippen LogP contribution in [-0.2, 0) is 0 Å². The summed E-state index contributed by atoms with van der Waals surface area (Å²) in [5.74, 6) is -0.351. The minimum absolute atomic E-state index is 0.170. The lowest BCUT2D eigenvalue weighted by Crippen LogP contribution is -2.34. The molecule has 0 saturated carbocycles. The summed E-state index contributed by atoms with van der Waals surface area (Å²) in [6.45, 7) is 4.63. The highest BCUT2D eigenvalue weighted by atomic mass is 35.5. The second-order valence-corrected chi connectivity index (χ2v) is 8.88. The van der Waals surface area contributed by atoms with Gasteiger partial charge < -0.3 is 15.5 Å². The first kappa shape index (κ1) is 21.3. The van der Waals surface area contributed by atoms with Gasteiger partial charge in [-0.25, -0.2) is 4.79 Å². The maximum absolute atomic E-state index is 13.0. The van der Waals surface area contributed by atoms with Crippen LogP contribution in [0.2, 0.25) is 5.02 Å². The van der Waals surface area contributed by atoms with Gasteiger partial charge >= 0.3 is 6.03 Å². The largest absolute Gasteiger partial charge is 0.322 e. The second-order valence-electron chi connectivity index (χ2n) is 7.44. The van der Waals surface area contributed by atoms with Crippen LogP contribution in [0.5, 0.6) is 0 Å².